The lowest BCUT2D eigenvalue weighted by molar-refractivity contribution is -0.144. The average Bonchev–Trinajstić information content (AvgIpc) is 2.61. The molecule has 24 heavy (non-hydrogen) atoms. The number of hydrogen-bond acceptors (Lipinski definition) is 7. The molecule has 0 amide bonds. The van der Waals surface area contributed by atoms with E-state index in [1.54, 1.807) is 6.92 Å². The van der Waals surface area contributed by atoms with Gasteiger partial charge < -0.3 is 9.64 Å². The van der Waals surface area contributed by atoms with E-state index in [-0.39, 0.29) is 5.97 Å². The van der Waals surface area contributed by atoms with Crippen molar-refractivity contribution in [1.82, 2.24) is 14.9 Å². The molecule has 7 heteroatoms. The van der Waals surface area contributed by atoms with Gasteiger partial charge in [0.1, 0.15) is 6.07 Å². The number of hydrogen-bond donors (Lipinski definition) is 0. The first kappa shape index (κ1) is 16.1. The number of piperazine rings is 1. The maximum Gasteiger partial charge on any atom is 0.320 e. The van der Waals surface area contributed by atoms with Crippen LogP contribution in [0.3, 0.4) is 0 Å². The van der Waals surface area contributed by atoms with Crippen molar-refractivity contribution >= 4 is 22.8 Å². The first-order valence-corrected chi connectivity index (χ1v) is 8.01. The second kappa shape index (κ2) is 7.23. The number of rotatable bonds is 4. The lowest BCUT2D eigenvalue weighted by atomic mass is 10.2. The van der Waals surface area contributed by atoms with E-state index in [0.717, 1.165) is 24.1 Å². The fraction of sp³-hybridized carbons (Fsp3) is 0.412. The SMILES string of the molecule is CCOC(=O)CN1CCN(c2nc3ccccc3nc2C#N)CC1. The molecule has 0 radical (unpaired) electrons. The second-order valence-electron chi connectivity index (χ2n) is 5.56. The number of para-hydroxylation sites is 2. The molecule has 124 valence electrons. The summed E-state index contributed by atoms with van der Waals surface area (Å²) in [5.41, 5.74) is 1.84. The highest BCUT2D eigenvalue weighted by atomic mass is 16.5. The Kier molecular flexibility index (Phi) is 4.87. The van der Waals surface area contributed by atoms with Gasteiger partial charge in [0.25, 0.3) is 0 Å². The van der Waals surface area contributed by atoms with Crippen molar-refractivity contribution in [3.63, 3.8) is 0 Å². The van der Waals surface area contributed by atoms with Gasteiger partial charge in [-0.05, 0) is 19.1 Å². The van der Waals surface area contributed by atoms with E-state index in [2.05, 4.69) is 25.8 Å². The number of nitrogens with zero attached hydrogens (tertiary/aromatic N) is 5. The normalized spacial score (nSPS) is 15.2. The van der Waals surface area contributed by atoms with Crippen LogP contribution in [-0.2, 0) is 9.53 Å². The van der Waals surface area contributed by atoms with Crippen LogP contribution in [-0.4, -0.2) is 60.2 Å². The van der Waals surface area contributed by atoms with Gasteiger partial charge in [0, 0.05) is 26.2 Å². The highest BCUT2D eigenvalue weighted by Crippen LogP contribution is 2.21. The Bertz CT molecular complexity index is 778. The summed E-state index contributed by atoms with van der Waals surface area (Å²) in [6.07, 6.45) is 0. The summed E-state index contributed by atoms with van der Waals surface area (Å²) in [4.78, 5) is 24.7. The predicted octanol–water partition coefficient (Wildman–Crippen LogP) is 1.19. The van der Waals surface area contributed by atoms with Gasteiger partial charge in [0.15, 0.2) is 11.5 Å². The van der Waals surface area contributed by atoms with Gasteiger partial charge in [-0.1, -0.05) is 12.1 Å². The number of nitriles is 1. The Hall–Kier alpha value is -2.72. The molecule has 1 aromatic heterocycles. The Morgan fingerprint density at radius 2 is 1.88 bits per heavy atom. The van der Waals surface area contributed by atoms with E-state index < -0.39 is 0 Å². The minimum atomic E-state index is -0.200. The first-order chi connectivity index (χ1) is 11.7. The number of esters is 1. The van der Waals surface area contributed by atoms with Crippen LogP contribution in [0.5, 0.6) is 0 Å². The van der Waals surface area contributed by atoms with Crippen LogP contribution < -0.4 is 4.90 Å². The summed E-state index contributed by atoms with van der Waals surface area (Å²) in [5.74, 6) is 0.418. The summed E-state index contributed by atoms with van der Waals surface area (Å²) >= 11 is 0. The highest BCUT2D eigenvalue weighted by molar-refractivity contribution is 5.77. The Balaban J connectivity index is 1.73. The van der Waals surface area contributed by atoms with Crippen LogP contribution in [0.25, 0.3) is 11.0 Å². The summed E-state index contributed by atoms with van der Waals surface area (Å²) in [6, 6.07) is 9.67. The van der Waals surface area contributed by atoms with Crippen LogP contribution in [0.1, 0.15) is 12.6 Å². The van der Waals surface area contributed by atoms with Crippen molar-refractivity contribution in [1.29, 1.82) is 5.26 Å². The minimum absolute atomic E-state index is 0.200. The Morgan fingerprint density at radius 1 is 1.21 bits per heavy atom. The lowest BCUT2D eigenvalue weighted by Crippen LogP contribution is -2.48. The van der Waals surface area contributed by atoms with E-state index in [9.17, 15) is 10.1 Å². The molecule has 1 aliphatic rings. The van der Waals surface area contributed by atoms with E-state index in [1.165, 1.54) is 0 Å². The molecular formula is C17H19N5O2. The smallest absolute Gasteiger partial charge is 0.320 e. The zero-order valence-corrected chi connectivity index (χ0v) is 13.6. The fourth-order valence-corrected chi connectivity index (χ4v) is 2.79. The molecule has 0 aliphatic carbocycles. The number of carbonyl (C=O) groups excluding carboxylic acids is 1. The third-order valence-corrected chi connectivity index (χ3v) is 3.99. The van der Waals surface area contributed by atoms with Gasteiger partial charge in [-0.25, -0.2) is 9.97 Å². The second-order valence-corrected chi connectivity index (χ2v) is 5.56. The molecule has 1 aromatic carbocycles. The molecule has 1 saturated heterocycles. The summed E-state index contributed by atoms with van der Waals surface area (Å²) in [6.45, 7) is 5.34. The highest BCUT2D eigenvalue weighted by Gasteiger charge is 2.23. The predicted molar refractivity (Wildman–Crippen MR) is 89.5 cm³/mol. The van der Waals surface area contributed by atoms with E-state index in [0.29, 0.717) is 37.8 Å². The van der Waals surface area contributed by atoms with Gasteiger partial charge in [-0.15, -0.1) is 0 Å². The molecule has 1 aliphatic heterocycles. The third-order valence-electron chi connectivity index (χ3n) is 3.99. The molecule has 7 nitrogen and oxygen atoms in total. The molecule has 2 aromatic rings. The summed E-state index contributed by atoms with van der Waals surface area (Å²) < 4.78 is 4.98. The number of ether oxygens (including phenoxy) is 1. The molecule has 1 fully saturated rings. The van der Waals surface area contributed by atoms with Crippen molar-refractivity contribution < 1.29 is 9.53 Å². The molecule has 0 spiro atoms. The van der Waals surface area contributed by atoms with Gasteiger partial charge in [0.2, 0.25) is 0 Å². The van der Waals surface area contributed by atoms with E-state index in [1.807, 2.05) is 24.3 Å². The molecule has 0 bridgehead atoms. The Morgan fingerprint density at radius 3 is 2.50 bits per heavy atom. The monoisotopic (exact) mass is 325 g/mol. The fourth-order valence-electron chi connectivity index (χ4n) is 2.79. The van der Waals surface area contributed by atoms with Crippen molar-refractivity contribution in [3.05, 3.63) is 30.0 Å². The van der Waals surface area contributed by atoms with Crippen LogP contribution in [0.2, 0.25) is 0 Å². The molecule has 2 heterocycles. The van der Waals surface area contributed by atoms with Crippen molar-refractivity contribution in [2.75, 3.05) is 44.2 Å². The van der Waals surface area contributed by atoms with Crippen molar-refractivity contribution in [3.8, 4) is 6.07 Å². The van der Waals surface area contributed by atoms with E-state index in [4.69, 9.17) is 4.74 Å². The zero-order chi connectivity index (χ0) is 16.9. The van der Waals surface area contributed by atoms with E-state index >= 15 is 0 Å². The molecule has 0 unspecified atom stereocenters. The van der Waals surface area contributed by atoms with Crippen LogP contribution in [0, 0.1) is 11.3 Å². The number of aromatic nitrogens is 2. The van der Waals surface area contributed by atoms with Gasteiger partial charge in [0.05, 0.1) is 24.2 Å². The van der Waals surface area contributed by atoms with Gasteiger partial charge in [-0.3, -0.25) is 9.69 Å². The third kappa shape index (κ3) is 3.44. The largest absolute Gasteiger partial charge is 0.465 e. The average molecular weight is 325 g/mol. The standard InChI is InChI=1S/C17H19N5O2/c1-2-24-16(23)12-21-7-9-22(10-8-21)17-15(11-18)19-13-5-3-4-6-14(13)20-17/h3-6H,2,7-10,12H2,1H3. The molecule has 3 rings (SSSR count). The summed E-state index contributed by atoms with van der Waals surface area (Å²) in [7, 11) is 0. The molecule has 0 N–H and O–H groups in total. The number of anilines is 1. The molecule has 0 atom stereocenters. The first-order valence-electron chi connectivity index (χ1n) is 8.01. The van der Waals surface area contributed by atoms with Crippen LogP contribution >= 0.6 is 0 Å². The van der Waals surface area contributed by atoms with Crippen LogP contribution in [0.4, 0.5) is 5.82 Å². The molecular weight excluding hydrogens is 306 g/mol. The minimum Gasteiger partial charge on any atom is -0.465 e. The van der Waals surface area contributed by atoms with Crippen molar-refractivity contribution in [2.24, 2.45) is 0 Å². The van der Waals surface area contributed by atoms with Crippen molar-refractivity contribution in [2.45, 2.75) is 6.92 Å². The zero-order valence-electron chi connectivity index (χ0n) is 13.6. The summed E-state index contributed by atoms with van der Waals surface area (Å²) in [5, 5.41) is 9.39. The number of fused-ring (bicyclic) bond motifs is 1. The number of carbonyl (C=O) groups is 1. The quantitative estimate of drug-likeness (QED) is 0.781. The van der Waals surface area contributed by atoms with Crippen LogP contribution in [0.15, 0.2) is 24.3 Å². The number of benzene rings is 1. The maximum absolute atomic E-state index is 11.6. The topological polar surface area (TPSA) is 82.3 Å². The van der Waals surface area contributed by atoms with Gasteiger partial charge in [-0.2, -0.15) is 5.26 Å². The van der Waals surface area contributed by atoms with Gasteiger partial charge >= 0.3 is 5.97 Å². The Labute approximate surface area is 140 Å². The maximum atomic E-state index is 11.6. The lowest BCUT2D eigenvalue weighted by Gasteiger charge is -2.34. The molecule has 0 saturated carbocycles.